The van der Waals surface area contributed by atoms with Gasteiger partial charge in [-0.2, -0.15) is 0 Å². The molecule has 0 saturated carbocycles. The average molecular weight is 454 g/mol. The topological polar surface area (TPSA) is 105 Å². The van der Waals surface area contributed by atoms with Crippen molar-refractivity contribution in [2.75, 3.05) is 0 Å². The van der Waals surface area contributed by atoms with Crippen molar-refractivity contribution in [1.29, 1.82) is 0 Å². The molecule has 7 nitrogen and oxygen atoms in total. The van der Waals surface area contributed by atoms with Crippen LogP contribution in [0.3, 0.4) is 0 Å². The highest BCUT2D eigenvalue weighted by atomic mass is 16.6. The number of ether oxygens (including phenoxy) is 1. The molecule has 0 aliphatic heterocycles. The first-order valence-electron chi connectivity index (χ1n) is 10.9. The number of hydrogen-bond acceptors (Lipinski definition) is 4. The van der Waals surface area contributed by atoms with Crippen LogP contribution in [-0.4, -0.2) is 28.2 Å². The van der Waals surface area contributed by atoms with Crippen molar-refractivity contribution in [1.82, 2.24) is 10.3 Å². The summed E-state index contributed by atoms with van der Waals surface area (Å²) in [6, 6.07) is 24.0. The molecule has 2 aromatic heterocycles. The number of carboxylic acids is 1. The lowest BCUT2D eigenvalue weighted by molar-refractivity contribution is -0.139. The number of hydrogen-bond donors (Lipinski definition) is 3. The minimum atomic E-state index is -1.13. The standard InChI is InChI=1S/C27H22N2O5/c30-26(31)24(12-17-4-2-1-3-5-17)29-27(32)33-16-22-15-21-14-19(7-9-25(21)34-22)18-6-8-23-20(13-18)10-11-28-23/h1-11,13-15,24,28H,12,16H2,(H,29,32)(H,30,31). The Morgan fingerprint density at radius 3 is 2.50 bits per heavy atom. The van der Waals surface area contributed by atoms with E-state index in [1.165, 1.54) is 0 Å². The van der Waals surface area contributed by atoms with E-state index >= 15 is 0 Å². The van der Waals surface area contributed by atoms with Gasteiger partial charge in [-0.15, -0.1) is 0 Å². The van der Waals surface area contributed by atoms with Crippen molar-refractivity contribution in [3.05, 3.63) is 96.4 Å². The maximum absolute atomic E-state index is 12.2. The highest BCUT2D eigenvalue weighted by molar-refractivity contribution is 5.88. The lowest BCUT2D eigenvalue weighted by Gasteiger charge is -2.14. The minimum absolute atomic E-state index is 0.108. The Balaban J connectivity index is 1.24. The quantitative estimate of drug-likeness (QED) is 0.301. The van der Waals surface area contributed by atoms with E-state index < -0.39 is 18.1 Å². The summed E-state index contributed by atoms with van der Waals surface area (Å²) in [5.74, 6) is -0.659. The Kier molecular flexibility index (Phi) is 5.74. The van der Waals surface area contributed by atoms with Gasteiger partial charge in [0.15, 0.2) is 6.61 Å². The number of aliphatic carboxylic acids is 1. The smallest absolute Gasteiger partial charge is 0.408 e. The summed E-state index contributed by atoms with van der Waals surface area (Å²) < 4.78 is 11.0. The third-order valence-electron chi connectivity index (χ3n) is 5.67. The number of furan rings is 1. The highest BCUT2D eigenvalue weighted by Gasteiger charge is 2.21. The monoisotopic (exact) mass is 454 g/mol. The summed E-state index contributed by atoms with van der Waals surface area (Å²) in [5, 5.41) is 13.9. The summed E-state index contributed by atoms with van der Waals surface area (Å²) in [4.78, 5) is 27.0. The molecule has 5 rings (SSSR count). The Bertz CT molecular complexity index is 1470. The molecule has 0 spiro atoms. The van der Waals surface area contributed by atoms with Gasteiger partial charge in [0, 0.05) is 23.5 Å². The number of carbonyl (C=O) groups excluding carboxylic acids is 1. The fourth-order valence-electron chi connectivity index (χ4n) is 3.95. The van der Waals surface area contributed by atoms with Crippen LogP contribution >= 0.6 is 0 Å². The zero-order valence-corrected chi connectivity index (χ0v) is 18.2. The van der Waals surface area contributed by atoms with E-state index in [9.17, 15) is 14.7 Å². The molecular weight excluding hydrogens is 432 g/mol. The van der Waals surface area contributed by atoms with Gasteiger partial charge in [0.2, 0.25) is 0 Å². The first kappa shape index (κ1) is 21.3. The van der Waals surface area contributed by atoms with Crippen LogP contribution < -0.4 is 5.32 Å². The minimum Gasteiger partial charge on any atom is -0.480 e. The Morgan fingerprint density at radius 1 is 0.941 bits per heavy atom. The van der Waals surface area contributed by atoms with E-state index in [1.54, 1.807) is 0 Å². The molecule has 0 bridgehead atoms. The molecule has 34 heavy (non-hydrogen) atoms. The number of fused-ring (bicyclic) bond motifs is 2. The van der Waals surface area contributed by atoms with Crippen LogP contribution in [0.15, 0.2) is 89.5 Å². The Morgan fingerprint density at radius 2 is 1.71 bits per heavy atom. The van der Waals surface area contributed by atoms with Crippen molar-refractivity contribution in [2.24, 2.45) is 0 Å². The maximum Gasteiger partial charge on any atom is 0.408 e. The van der Waals surface area contributed by atoms with Crippen molar-refractivity contribution in [3.63, 3.8) is 0 Å². The second kappa shape index (κ2) is 9.15. The van der Waals surface area contributed by atoms with E-state index in [2.05, 4.69) is 22.4 Å². The Hall–Kier alpha value is -4.52. The lowest BCUT2D eigenvalue weighted by atomic mass is 10.0. The van der Waals surface area contributed by atoms with Gasteiger partial charge in [-0.1, -0.05) is 42.5 Å². The number of benzene rings is 3. The molecule has 0 saturated heterocycles. The number of aromatic nitrogens is 1. The molecule has 170 valence electrons. The van der Waals surface area contributed by atoms with Crippen molar-refractivity contribution >= 4 is 33.9 Å². The molecule has 0 aliphatic carbocycles. The zero-order valence-electron chi connectivity index (χ0n) is 18.2. The van der Waals surface area contributed by atoms with Gasteiger partial charge < -0.3 is 24.6 Å². The molecule has 1 atom stereocenters. The predicted octanol–water partition coefficient (Wildman–Crippen LogP) is 5.50. The zero-order chi connectivity index (χ0) is 23.5. The average Bonchev–Trinajstić information content (AvgIpc) is 3.48. The van der Waals surface area contributed by atoms with Crippen molar-refractivity contribution in [3.8, 4) is 11.1 Å². The first-order valence-corrected chi connectivity index (χ1v) is 10.9. The van der Waals surface area contributed by atoms with E-state index in [0.717, 1.165) is 33.0 Å². The molecule has 3 N–H and O–H groups in total. The van der Waals surface area contributed by atoms with E-state index in [-0.39, 0.29) is 13.0 Å². The molecule has 1 unspecified atom stereocenters. The number of amides is 1. The van der Waals surface area contributed by atoms with Crippen LogP contribution in [-0.2, 0) is 22.6 Å². The van der Waals surface area contributed by atoms with Crippen LogP contribution in [0.5, 0.6) is 0 Å². The number of H-pyrrole nitrogens is 1. The summed E-state index contributed by atoms with van der Waals surface area (Å²) in [7, 11) is 0. The number of nitrogens with one attached hydrogen (secondary N) is 2. The van der Waals surface area contributed by atoms with Gasteiger partial charge in [0.1, 0.15) is 17.4 Å². The van der Waals surface area contributed by atoms with Gasteiger partial charge in [0.05, 0.1) is 0 Å². The second-order valence-corrected chi connectivity index (χ2v) is 8.05. The molecule has 0 aliphatic rings. The van der Waals surface area contributed by atoms with E-state index in [4.69, 9.17) is 9.15 Å². The third kappa shape index (κ3) is 4.63. The molecule has 5 aromatic rings. The van der Waals surface area contributed by atoms with Gasteiger partial charge in [-0.3, -0.25) is 0 Å². The molecule has 0 radical (unpaired) electrons. The normalized spacial score (nSPS) is 12.0. The summed E-state index contributed by atoms with van der Waals surface area (Å²) in [6.07, 6.45) is 1.26. The SMILES string of the molecule is O=C(NC(Cc1ccccc1)C(=O)O)OCc1cc2cc(-c3ccc4[nH]ccc4c3)ccc2o1. The number of alkyl carbamates (subject to hydrolysis) is 1. The van der Waals surface area contributed by atoms with Gasteiger partial charge >= 0.3 is 12.1 Å². The molecule has 2 heterocycles. The van der Waals surface area contributed by atoms with Gasteiger partial charge in [-0.05, 0) is 58.5 Å². The molecule has 7 heteroatoms. The second-order valence-electron chi connectivity index (χ2n) is 8.05. The molecule has 0 fully saturated rings. The predicted molar refractivity (Wildman–Crippen MR) is 128 cm³/mol. The van der Waals surface area contributed by atoms with Crippen molar-refractivity contribution < 1.29 is 23.8 Å². The van der Waals surface area contributed by atoms with E-state index in [1.807, 2.05) is 72.9 Å². The van der Waals surface area contributed by atoms with E-state index in [0.29, 0.717) is 11.3 Å². The third-order valence-corrected chi connectivity index (χ3v) is 5.67. The first-order chi connectivity index (χ1) is 16.5. The lowest BCUT2D eigenvalue weighted by Crippen LogP contribution is -2.42. The summed E-state index contributed by atoms with van der Waals surface area (Å²) in [5.41, 5.74) is 4.70. The van der Waals surface area contributed by atoms with Crippen LogP contribution in [0.2, 0.25) is 0 Å². The summed E-state index contributed by atoms with van der Waals surface area (Å²) >= 11 is 0. The largest absolute Gasteiger partial charge is 0.480 e. The number of rotatable bonds is 7. The van der Waals surface area contributed by atoms with Crippen LogP contribution in [0.25, 0.3) is 33.0 Å². The molecule has 3 aromatic carbocycles. The van der Waals surface area contributed by atoms with Gasteiger partial charge in [-0.25, -0.2) is 9.59 Å². The fourth-order valence-corrected chi connectivity index (χ4v) is 3.95. The van der Waals surface area contributed by atoms with Crippen LogP contribution in [0.4, 0.5) is 4.79 Å². The van der Waals surface area contributed by atoms with Gasteiger partial charge in [0.25, 0.3) is 0 Å². The van der Waals surface area contributed by atoms with Crippen molar-refractivity contribution in [2.45, 2.75) is 19.1 Å². The maximum atomic E-state index is 12.2. The van der Waals surface area contributed by atoms with Crippen LogP contribution in [0.1, 0.15) is 11.3 Å². The Labute approximate surface area is 195 Å². The number of carboxylic acid groups (broad SMARTS) is 1. The highest BCUT2D eigenvalue weighted by Crippen LogP contribution is 2.29. The molecule has 1 amide bonds. The molecular formula is C27H22N2O5. The number of carbonyl (C=O) groups is 2. The van der Waals surface area contributed by atoms with Crippen LogP contribution in [0, 0.1) is 0 Å². The summed E-state index contributed by atoms with van der Waals surface area (Å²) in [6.45, 7) is -0.108. The number of aromatic amines is 1. The fraction of sp³-hybridized carbons (Fsp3) is 0.111.